The Bertz CT molecular complexity index is 458. The van der Waals surface area contributed by atoms with Crippen molar-refractivity contribution in [1.82, 2.24) is 10.2 Å². The second-order valence-corrected chi connectivity index (χ2v) is 6.23. The highest BCUT2D eigenvalue weighted by Gasteiger charge is 2.30. The van der Waals surface area contributed by atoms with Crippen molar-refractivity contribution in [2.45, 2.75) is 32.4 Å². The van der Waals surface area contributed by atoms with Crippen LogP contribution in [0.25, 0.3) is 0 Å². The first kappa shape index (κ1) is 16.9. The van der Waals surface area contributed by atoms with Crippen molar-refractivity contribution in [2.24, 2.45) is 0 Å². The van der Waals surface area contributed by atoms with Gasteiger partial charge in [0.15, 0.2) is 0 Å². The smallest absolute Gasteiger partial charge is 0.142 e. The molecule has 1 aromatic carbocycles. The van der Waals surface area contributed by atoms with E-state index in [-0.39, 0.29) is 18.0 Å². The molecule has 0 amide bonds. The maximum absolute atomic E-state index is 14.5. The van der Waals surface area contributed by atoms with Gasteiger partial charge in [-0.05, 0) is 41.5 Å². The third-order valence-corrected chi connectivity index (χ3v) is 4.54. The van der Waals surface area contributed by atoms with Gasteiger partial charge in [-0.15, -0.1) is 0 Å². The second-order valence-electron chi connectivity index (χ2n) is 5.38. The number of rotatable bonds is 6. The molecule has 1 saturated heterocycles. The quantitative estimate of drug-likeness (QED) is 0.843. The summed E-state index contributed by atoms with van der Waals surface area (Å²) in [5.74, 6) is -0.191. The third-order valence-electron chi connectivity index (χ3n) is 3.93. The Labute approximate surface area is 135 Å². The number of likely N-dealkylation sites (N-methyl/N-ethyl adjacent to an activating group) is 1. The van der Waals surface area contributed by atoms with E-state index in [1.165, 1.54) is 0 Å². The number of hydrogen-bond acceptors (Lipinski definition) is 3. The van der Waals surface area contributed by atoms with Crippen LogP contribution in [-0.2, 0) is 4.74 Å². The molecule has 2 unspecified atom stereocenters. The Balaban J connectivity index is 2.23. The minimum absolute atomic E-state index is 0.0194. The van der Waals surface area contributed by atoms with Gasteiger partial charge in [-0.2, -0.15) is 0 Å². The van der Waals surface area contributed by atoms with E-state index in [0.29, 0.717) is 16.6 Å². The van der Waals surface area contributed by atoms with Gasteiger partial charge in [0.2, 0.25) is 0 Å². The summed E-state index contributed by atoms with van der Waals surface area (Å²) < 4.78 is 20.9. The van der Waals surface area contributed by atoms with Crippen molar-refractivity contribution in [2.75, 3.05) is 32.8 Å². The molecule has 0 aliphatic carbocycles. The number of benzene rings is 1. The molecule has 1 aliphatic heterocycles. The van der Waals surface area contributed by atoms with Gasteiger partial charge in [-0.1, -0.05) is 26.0 Å². The minimum Gasteiger partial charge on any atom is -0.374 e. The normalized spacial score (nSPS) is 21.4. The van der Waals surface area contributed by atoms with Gasteiger partial charge in [0, 0.05) is 18.7 Å². The van der Waals surface area contributed by atoms with Crippen molar-refractivity contribution >= 4 is 15.9 Å². The summed E-state index contributed by atoms with van der Waals surface area (Å²) in [5.41, 5.74) is 0.681. The molecule has 2 rings (SSSR count). The molecule has 0 radical (unpaired) electrons. The molecule has 0 saturated carbocycles. The molecule has 1 N–H and O–H groups in total. The Morgan fingerprint density at radius 2 is 2.29 bits per heavy atom. The van der Waals surface area contributed by atoms with Crippen LogP contribution in [-0.4, -0.2) is 43.8 Å². The predicted molar refractivity (Wildman–Crippen MR) is 87.0 cm³/mol. The maximum atomic E-state index is 14.5. The molecule has 1 fully saturated rings. The van der Waals surface area contributed by atoms with Crippen molar-refractivity contribution in [3.05, 3.63) is 34.1 Å². The highest BCUT2D eigenvalue weighted by molar-refractivity contribution is 9.10. The van der Waals surface area contributed by atoms with Gasteiger partial charge in [-0.3, -0.25) is 4.90 Å². The maximum Gasteiger partial charge on any atom is 0.142 e. The summed E-state index contributed by atoms with van der Waals surface area (Å²) in [5, 5.41) is 3.46. The number of morpholine rings is 1. The molecule has 0 spiro atoms. The van der Waals surface area contributed by atoms with Gasteiger partial charge in [0.1, 0.15) is 5.82 Å². The molecular formula is C16H24BrFN2O. The Hall–Kier alpha value is -0.490. The van der Waals surface area contributed by atoms with Crippen LogP contribution in [0, 0.1) is 5.82 Å². The lowest BCUT2D eigenvalue weighted by atomic mass is 9.99. The number of hydrogen-bond donors (Lipinski definition) is 1. The first-order chi connectivity index (χ1) is 10.2. The monoisotopic (exact) mass is 358 g/mol. The molecule has 118 valence electrons. The predicted octanol–water partition coefficient (Wildman–Crippen LogP) is 3.35. The van der Waals surface area contributed by atoms with Gasteiger partial charge >= 0.3 is 0 Å². The Kier molecular flexibility index (Phi) is 6.61. The Morgan fingerprint density at radius 3 is 3.00 bits per heavy atom. The van der Waals surface area contributed by atoms with Crippen LogP contribution in [0.3, 0.4) is 0 Å². The SMILES string of the molecule is CCCNC(c1cccc(Br)c1F)C1CN(CC)CCO1. The van der Waals surface area contributed by atoms with Crippen LogP contribution in [0.4, 0.5) is 4.39 Å². The van der Waals surface area contributed by atoms with E-state index in [2.05, 4.69) is 40.0 Å². The van der Waals surface area contributed by atoms with Gasteiger partial charge < -0.3 is 10.1 Å². The van der Waals surface area contributed by atoms with Crippen LogP contribution in [0.2, 0.25) is 0 Å². The minimum atomic E-state index is -0.191. The number of nitrogens with zero attached hydrogens (tertiary/aromatic N) is 1. The van der Waals surface area contributed by atoms with Gasteiger partial charge in [0.25, 0.3) is 0 Å². The fourth-order valence-electron chi connectivity index (χ4n) is 2.72. The fraction of sp³-hybridized carbons (Fsp3) is 0.625. The average Bonchev–Trinajstić information content (AvgIpc) is 2.52. The zero-order valence-corrected chi connectivity index (χ0v) is 14.3. The van der Waals surface area contributed by atoms with E-state index in [1.54, 1.807) is 6.07 Å². The van der Waals surface area contributed by atoms with Gasteiger partial charge in [0.05, 0.1) is 23.2 Å². The van der Waals surface area contributed by atoms with Gasteiger partial charge in [-0.25, -0.2) is 4.39 Å². The number of ether oxygens (including phenoxy) is 1. The van der Waals surface area contributed by atoms with Crippen molar-refractivity contribution < 1.29 is 9.13 Å². The van der Waals surface area contributed by atoms with Crippen LogP contribution in [0.5, 0.6) is 0 Å². The molecular weight excluding hydrogens is 335 g/mol. The lowest BCUT2D eigenvalue weighted by Gasteiger charge is -2.37. The zero-order valence-electron chi connectivity index (χ0n) is 12.7. The van der Waals surface area contributed by atoms with Crippen LogP contribution in [0.1, 0.15) is 31.9 Å². The van der Waals surface area contributed by atoms with E-state index < -0.39 is 0 Å². The van der Waals surface area contributed by atoms with E-state index in [9.17, 15) is 4.39 Å². The molecule has 5 heteroatoms. The molecule has 1 aliphatic rings. The summed E-state index contributed by atoms with van der Waals surface area (Å²) in [7, 11) is 0. The van der Waals surface area contributed by atoms with Crippen molar-refractivity contribution in [3.8, 4) is 0 Å². The second kappa shape index (κ2) is 8.22. The highest BCUT2D eigenvalue weighted by atomic mass is 79.9. The summed E-state index contributed by atoms with van der Waals surface area (Å²) in [4.78, 5) is 2.35. The molecule has 2 atom stereocenters. The molecule has 1 aromatic rings. The summed E-state index contributed by atoms with van der Waals surface area (Å²) in [6, 6.07) is 5.35. The summed E-state index contributed by atoms with van der Waals surface area (Å²) in [6.45, 7) is 8.61. The molecule has 1 heterocycles. The molecule has 3 nitrogen and oxygen atoms in total. The van der Waals surface area contributed by atoms with E-state index >= 15 is 0 Å². The number of nitrogens with one attached hydrogen (secondary N) is 1. The van der Waals surface area contributed by atoms with Crippen LogP contribution in [0.15, 0.2) is 22.7 Å². The van der Waals surface area contributed by atoms with E-state index in [4.69, 9.17) is 4.74 Å². The topological polar surface area (TPSA) is 24.5 Å². The molecule has 21 heavy (non-hydrogen) atoms. The fourth-order valence-corrected chi connectivity index (χ4v) is 3.10. The van der Waals surface area contributed by atoms with Crippen LogP contribution >= 0.6 is 15.9 Å². The largest absolute Gasteiger partial charge is 0.374 e. The highest BCUT2D eigenvalue weighted by Crippen LogP contribution is 2.28. The van der Waals surface area contributed by atoms with E-state index in [1.807, 2.05) is 12.1 Å². The Morgan fingerprint density at radius 1 is 1.48 bits per heavy atom. The lowest BCUT2D eigenvalue weighted by molar-refractivity contribution is -0.0461. The number of halogens is 2. The molecule has 0 aromatic heterocycles. The lowest BCUT2D eigenvalue weighted by Crippen LogP contribution is -2.48. The molecule has 0 bridgehead atoms. The first-order valence-corrected chi connectivity index (χ1v) is 8.47. The average molecular weight is 359 g/mol. The van der Waals surface area contributed by atoms with E-state index in [0.717, 1.165) is 32.6 Å². The van der Waals surface area contributed by atoms with Crippen LogP contribution < -0.4 is 5.32 Å². The summed E-state index contributed by atoms with van der Waals surface area (Å²) in [6.07, 6.45) is 0.991. The first-order valence-electron chi connectivity index (χ1n) is 7.68. The van der Waals surface area contributed by atoms with Crippen molar-refractivity contribution in [1.29, 1.82) is 0 Å². The third kappa shape index (κ3) is 4.25. The van der Waals surface area contributed by atoms with Crippen molar-refractivity contribution in [3.63, 3.8) is 0 Å². The summed E-state index contributed by atoms with van der Waals surface area (Å²) >= 11 is 3.28. The standard InChI is InChI=1S/C16H24BrFN2O/c1-3-8-19-16(12-6-5-7-13(17)15(12)18)14-11-20(4-2)9-10-21-14/h5-7,14,16,19H,3-4,8-11H2,1-2H3. The zero-order chi connectivity index (χ0) is 15.2.